The predicted octanol–water partition coefficient (Wildman–Crippen LogP) is 4.12. The predicted molar refractivity (Wildman–Crippen MR) is 78.3 cm³/mol. The van der Waals surface area contributed by atoms with Crippen LogP contribution in [0.1, 0.15) is 29.0 Å². The van der Waals surface area contributed by atoms with Crippen LogP contribution in [-0.4, -0.2) is 17.3 Å². The van der Waals surface area contributed by atoms with Crippen LogP contribution in [0.25, 0.3) is 0 Å². The van der Waals surface area contributed by atoms with Crippen LogP contribution in [0.15, 0.2) is 42.6 Å². The summed E-state index contributed by atoms with van der Waals surface area (Å²) in [7, 11) is 0. The molecular weight excluding hydrogens is 333 g/mol. The Bertz CT molecular complexity index is 690. The first-order valence-electron chi connectivity index (χ1n) is 6.53. The van der Waals surface area contributed by atoms with Gasteiger partial charge in [-0.25, -0.2) is 0 Å². The quantitative estimate of drug-likeness (QED) is 0.907. The van der Waals surface area contributed by atoms with Gasteiger partial charge in [0.05, 0.1) is 17.9 Å². The Balaban J connectivity index is 2.03. The summed E-state index contributed by atoms with van der Waals surface area (Å²) in [5.41, 5.74) is 0.774. The molecular formula is C15H12ClF3N2O2. The molecule has 0 bridgehead atoms. The van der Waals surface area contributed by atoms with Gasteiger partial charge in [-0.2, -0.15) is 0 Å². The molecule has 122 valence electrons. The van der Waals surface area contributed by atoms with E-state index in [0.29, 0.717) is 16.3 Å². The molecule has 0 aliphatic heterocycles. The summed E-state index contributed by atoms with van der Waals surface area (Å²) in [6.07, 6.45) is -3.82. The van der Waals surface area contributed by atoms with E-state index < -0.39 is 18.2 Å². The van der Waals surface area contributed by atoms with Gasteiger partial charge in [-0.3, -0.25) is 9.78 Å². The maximum absolute atomic E-state index is 12.1. The van der Waals surface area contributed by atoms with E-state index in [1.807, 2.05) is 0 Å². The van der Waals surface area contributed by atoms with Crippen molar-refractivity contribution in [2.75, 3.05) is 0 Å². The lowest BCUT2D eigenvalue weighted by molar-refractivity contribution is -0.274. The van der Waals surface area contributed by atoms with Gasteiger partial charge in [0.2, 0.25) is 0 Å². The van der Waals surface area contributed by atoms with E-state index in [1.165, 1.54) is 12.1 Å². The summed E-state index contributed by atoms with van der Waals surface area (Å²) in [5.74, 6) is -0.785. The van der Waals surface area contributed by atoms with Crippen molar-refractivity contribution < 1.29 is 22.7 Å². The molecule has 0 saturated heterocycles. The van der Waals surface area contributed by atoms with Gasteiger partial charge in [-0.05, 0) is 37.3 Å². The zero-order valence-corrected chi connectivity index (χ0v) is 12.7. The molecule has 1 atom stereocenters. The number of hydrogen-bond acceptors (Lipinski definition) is 3. The second kappa shape index (κ2) is 6.87. The summed E-state index contributed by atoms with van der Waals surface area (Å²) >= 11 is 5.81. The van der Waals surface area contributed by atoms with E-state index in [0.717, 1.165) is 12.3 Å². The van der Waals surface area contributed by atoms with Gasteiger partial charge in [0.25, 0.3) is 5.91 Å². The Morgan fingerprint density at radius 3 is 2.61 bits per heavy atom. The van der Waals surface area contributed by atoms with Crippen LogP contribution in [0.4, 0.5) is 13.2 Å². The van der Waals surface area contributed by atoms with Crippen molar-refractivity contribution in [3.8, 4) is 5.75 Å². The van der Waals surface area contributed by atoms with E-state index in [4.69, 9.17) is 11.6 Å². The van der Waals surface area contributed by atoms with Crippen molar-refractivity contribution in [2.45, 2.75) is 19.3 Å². The second-order valence-electron chi connectivity index (χ2n) is 4.67. The van der Waals surface area contributed by atoms with Crippen molar-refractivity contribution >= 4 is 17.5 Å². The molecule has 0 unspecified atom stereocenters. The van der Waals surface area contributed by atoms with E-state index in [2.05, 4.69) is 15.0 Å². The Kier molecular flexibility index (Phi) is 5.10. The minimum absolute atomic E-state index is 0.364. The highest BCUT2D eigenvalue weighted by atomic mass is 35.5. The number of ether oxygens (including phenoxy) is 1. The average molecular weight is 345 g/mol. The molecule has 1 aromatic heterocycles. The fraction of sp³-hybridized carbons (Fsp3) is 0.200. The minimum atomic E-state index is -4.77. The third-order valence-electron chi connectivity index (χ3n) is 2.87. The van der Waals surface area contributed by atoms with Gasteiger partial charge < -0.3 is 10.1 Å². The van der Waals surface area contributed by atoms with Gasteiger partial charge >= 0.3 is 6.36 Å². The molecule has 0 fully saturated rings. The third-order valence-corrected chi connectivity index (χ3v) is 3.11. The second-order valence-corrected chi connectivity index (χ2v) is 5.11. The van der Waals surface area contributed by atoms with E-state index in [9.17, 15) is 18.0 Å². The monoisotopic (exact) mass is 344 g/mol. The van der Waals surface area contributed by atoms with Crippen LogP contribution in [0, 0.1) is 0 Å². The Hall–Kier alpha value is -2.28. The van der Waals surface area contributed by atoms with Gasteiger partial charge in [0, 0.05) is 10.6 Å². The molecule has 1 aromatic carbocycles. The summed E-state index contributed by atoms with van der Waals surface area (Å²) < 4.78 is 40.0. The molecule has 23 heavy (non-hydrogen) atoms. The van der Waals surface area contributed by atoms with Gasteiger partial charge in [-0.15, -0.1) is 13.2 Å². The largest absolute Gasteiger partial charge is 0.573 e. The smallest absolute Gasteiger partial charge is 0.404 e. The maximum atomic E-state index is 12.1. The first-order valence-corrected chi connectivity index (χ1v) is 6.90. The van der Waals surface area contributed by atoms with E-state index >= 15 is 0 Å². The molecule has 0 aliphatic rings. The molecule has 0 saturated carbocycles. The highest BCUT2D eigenvalue weighted by Gasteiger charge is 2.31. The van der Waals surface area contributed by atoms with Gasteiger partial charge in [0.15, 0.2) is 0 Å². The van der Waals surface area contributed by atoms with Crippen molar-refractivity contribution in [2.24, 2.45) is 0 Å². The van der Waals surface area contributed by atoms with Gasteiger partial charge in [0.1, 0.15) is 5.75 Å². The van der Waals surface area contributed by atoms with Crippen LogP contribution >= 0.6 is 11.6 Å². The van der Waals surface area contributed by atoms with Crippen LogP contribution < -0.4 is 10.1 Å². The molecule has 0 aliphatic carbocycles. The number of benzene rings is 1. The van der Waals surface area contributed by atoms with Crippen molar-refractivity contribution in [1.82, 2.24) is 10.3 Å². The lowest BCUT2D eigenvalue weighted by Gasteiger charge is -2.14. The van der Waals surface area contributed by atoms with Crippen LogP contribution in [-0.2, 0) is 0 Å². The van der Waals surface area contributed by atoms with E-state index in [-0.39, 0.29) is 5.91 Å². The third kappa shape index (κ3) is 5.14. The number of amides is 1. The van der Waals surface area contributed by atoms with Crippen LogP contribution in [0.5, 0.6) is 5.75 Å². The molecule has 2 aromatic rings. The molecule has 8 heteroatoms. The van der Waals surface area contributed by atoms with Gasteiger partial charge in [-0.1, -0.05) is 17.7 Å². The van der Waals surface area contributed by atoms with Crippen molar-refractivity contribution in [3.63, 3.8) is 0 Å². The minimum Gasteiger partial charge on any atom is -0.404 e. The number of alkyl halides is 3. The molecule has 0 radical (unpaired) electrons. The van der Waals surface area contributed by atoms with Crippen LogP contribution in [0.2, 0.25) is 5.02 Å². The Morgan fingerprint density at radius 2 is 2.04 bits per heavy atom. The fourth-order valence-electron chi connectivity index (χ4n) is 1.83. The number of rotatable bonds is 4. The van der Waals surface area contributed by atoms with Crippen molar-refractivity contribution in [3.05, 3.63) is 58.9 Å². The molecule has 1 amide bonds. The summed E-state index contributed by atoms with van der Waals surface area (Å²) in [6, 6.07) is 8.38. The zero-order valence-electron chi connectivity index (χ0n) is 11.9. The number of aromatic nitrogens is 1. The van der Waals surface area contributed by atoms with E-state index in [1.54, 1.807) is 25.1 Å². The maximum Gasteiger partial charge on any atom is 0.573 e. The average Bonchev–Trinajstić information content (AvgIpc) is 2.46. The summed E-state index contributed by atoms with van der Waals surface area (Å²) in [6.45, 7) is 1.66. The first-order chi connectivity index (χ1) is 10.7. The number of hydrogen-bond donors (Lipinski definition) is 1. The normalized spacial score (nSPS) is 12.6. The number of pyridine rings is 1. The summed E-state index contributed by atoms with van der Waals surface area (Å²) in [4.78, 5) is 15.9. The topological polar surface area (TPSA) is 51.2 Å². The van der Waals surface area contributed by atoms with Crippen LogP contribution in [0.3, 0.4) is 0 Å². The molecule has 0 spiro atoms. The first kappa shape index (κ1) is 17.1. The standard InChI is InChI=1S/C15H12ClF3N2O2/c1-9(21-14(22)10-3-2-4-11(16)7-10)13-6-5-12(8-20-13)23-15(17,18)19/h2-9H,1H3,(H,21,22)/t9-/m1/s1. The molecule has 4 nitrogen and oxygen atoms in total. The number of halogens is 4. The van der Waals surface area contributed by atoms with Crippen molar-refractivity contribution in [1.29, 1.82) is 0 Å². The highest BCUT2D eigenvalue weighted by molar-refractivity contribution is 6.30. The lowest BCUT2D eigenvalue weighted by Crippen LogP contribution is -2.27. The zero-order chi connectivity index (χ0) is 17.0. The molecule has 1 heterocycles. The fourth-order valence-corrected chi connectivity index (χ4v) is 2.02. The lowest BCUT2D eigenvalue weighted by atomic mass is 10.1. The highest BCUT2D eigenvalue weighted by Crippen LogP contribution is 2.23. The molecule has 1 N–H and O–H groups in total. The number of nitrogens with one attached hydrogen (secondary N) is 1. The number of carbonyl (C=O) groups is 1. The number of carbonyl (C=O) groups excluding carboxylic acids is 1. The molecule has 2 rings (SSSR count). The SMILES string of the molecule is C[C@@H](NC(=O)c1cccc(Cl)c1)c1ccc(OC(F)(F)F)cn1. The summed E-state index contributed by atoms with van der Waals surface area (Å²) in [5, 5.41) is 3.11. The Labute approximate surface area is 135 Å². The Morgan fingerprint density at radius 1 is 1.30 bits per heavy atom. The number of nitrogens with zero attached hydrogens (tertiary/aromatic N) is 1.